The minimum atomic E-state index is 1.08. The van der Waals surface area contributed by atoms with Gasteiger partial charge in [-0.25, -0.2) is 0 Å². The van der Waals surface area contributed by atoms with E-state index in [0.717, 1.165) is 17.1 Å². The molecule has 0 heterocycles. The van der Waals surface area contributed by atoms with Gasteiger partial charge in [0.25, 0.3) is 0 Å². The lowest BCUT2D eigenvalue weighted by Gasteiger charge is -2.20. The van der Waals surface area contributed by atoms with E-state index in [9.17, 15) is 0 Å². The van der Waals surface area contributed by atoms with Gasteiger partial charge in [-0.05, 0) is 42.0 Å². The van der Waals surface area contributed by atoms with Crippen molar-refractivity contribution >= 4 is 17.1 Å². The van der Waals surface area contributed by atoms with E-state index in [-0.39, 0.29) is 0 Å². The first kappa shape index (κ1) is 16.6. The molecule has 0 aliphatic carbocycles. The number of nitrogens with one attached hydrogen (secondary N) is 1. The van der Waals surface area contributed by atoms with Crippen LogP contribution in [0.15, 0.2) is 109 Å². The van der Waals surface area contributed by atoms with Gasteiger partial charge in [-0.15, -0.1) is 0 Å². The lowest BCUT2D eigenvalue weighted by molar-refractivity contribution is 1.13. The van der Waals surface area contributed by atoms with Crippen molar-refractivity contribution in [2.75, 3.05) is 11.9 Å². The van der Waals surface area contributed by atoms with Crippen molar-refractivity contribution in [3.63, 3.8) is 0 Å². The molecule has 0 bridgehead atoms. The summed E-state index contributed by atoms with van der Waals surface area (Å²) in [5.74, 6) is 0. The number of nitrogens with zero attached hydrogens (tertiary/aromatic N) is 1. The standard InChI is InChI=1S/C23H22N2/c1-24-23(20-12-5-2-6-13-20)18-11-19-25(21-14-7-3-8-15-21)22-16-9-4-10-17-22/h2-19,24H,1H3/b19-11+,23-18+. The molecule has 2 nitrogen and oxygen atoms in total. The fourth-order valence-electron chi connectivity index (χ4n) is 2.67. The zero-order valence-corrected chi connectivity index (χ0v) is 14.3. The van der Waals surface area contributed by atoms with Crippen LogP contribution in [0, 0.1) is 0 Å². The zero-order valence-electron chi connectivity index (χ0n) is 14.3. The van der Waals surface area contributed by atoms with Gasteiger partial charge in [0, 0.05) is 30.3 Å². The third kappa shape index (κ3) is 4.39. The van der Waals surface area contributed by atoms with Crippen LogP contribution in [0.5, 0.6) is 0 Å². The molecule has 0 amide bonds. The number of benzene rings is 3. The Morgan fingerprint density at radius 2 is 1.20 bits per heavy atom. The molecular weight excluding hydrogens is 304 g/mol. The normalized spacial score (nSPS) is 11.5. The maximum atomic E-state index is 3.26. The quantitative estimate of drug-likeness (QED) is 0.593. The number of anilines is 2. The van der Waals surface area contributed by atoms with Crippen LogP contribution in [0.25, 0.3) is 5.70 Å². The third-order valence-electron chi connectivity index (χ3n) is 3.92. The first-order chi connectivity index (χ1) is 12.4. The topological polar surface area (TPSA) is 15.3 Å². The number of rotatable bonds is 6. The van der Waals surface area contributed by atoms with Crippen LogP contribution in [0.3, 0.4) is 0 Å². The third-order valence-corrected chi connectivity index (χ3v) is 3.92. The van der Waals surface area contributed by atoms with Gasteiger partial charge in [-0.3, -0.25) is 0 Å². The summed E-state index contributed by atoms with van der Waals surface area (Å²) in [5, 5.41) is 3.26. The molecule has 3 rings (SSSR count). The Balaban J connectivity index is 1.90. The Kier molecular flexibility index (Phi) is 5.68. The molecule has 0 aromatic heterocycles. The Morgan fingerprint density at radius 1 is 0.720 bits per heavy atom. The van der Waals surface area contributed by atoms with Crippen LogP contribution < -0.4 is 10.2 Å². The highest BCUT2D eigenvalue weighted by atomic mass is 15.1. The smallest absolute Gasteiger partial charge is 0.0455 e. The number of hydrogen-bond acceptors (Lipinski definition) is 2. The van der Waals surface area contributed by atoms with Gasteiger partial charge in [0.05, 0.1) is 0 Å². The summed E-state index contributed by atoms with van der Waals surface area (Å²) >= 11 is 0. The van der Waals surface area contributed by atoms with E-state index < -0.39 is 0 Å². The predicted molar refractivity (Wildman–Crippen MR) is 108 cm³/mol. The van der Waals surface area contributed by atoms with Gasteiger partial charge in [-0.1, -0.05) is 66.7 Å². The monoisotopic (exact) mass is 326 g/mol. The summed E-state index contributed by atoms with van der Waals surface area (Å²) in [7, 11) is 1.94. The zero-order chi connectivity index (χ0) is 17.3. The van der Waals surface area contributed by atoms with Crippen LogP contribution in [0.2, 0.25) is 0 Å². The second-order valence-electron chi connectivity index (χ2n) is 5.58. The molecule has 25 heavy (non-hydrogen) atoms. The van der Waals surface area contributed by atoms with E-state index in [1.165, 1.54) is 5.56 Å². The number of hydrogen-bond donors (Lipinski definition) is 1. The van der Waals surface area contributed by atoms with Crippen LogP contribution >= 0.6 is 0 Å². The van der Waals surface area contributed by atoms with Crippen molar-refractivity contribution in [3.05, 3.63) is 115 Å². The van der Waals surface area contributed by atoms with Crippen molar-refractivity contribution < 1.29 is 0 Å². The highest BCUT2D eigenvalue weighted by Crippen LogP contribution is 2.25. The van der Waals surface area contributed by atoms with E-state index in [2.05, 4.69) is 89.2 Å². The molecule has 0 spiro atoms. The maximum Gasteiger partial charge on any atom is 0.0455 e. The summed E-state index contributed by atoms with van der Waals surface area (Å²) in [6.07, 6.45) is 6.25. The Hall–Kier alpha value is -3.26. The molecule has 3 aromatic rings. The summed E-state index contributed by atoms with van der Waals surface area (Å²) in [6, 6.07) is 31.0. The molecule has 0 radical (unpaired) electrons. The fourth-order valence-corrected chi connectivity index (χ4v) is 2.67. The average molecular weight is 326 g/mol. The molecular formula is C23H22N2. The van der Waals surface area contributed by atoms with Gasteiger partial charge in [-0.2, -0.15) is 0 Å². The molecule has 124 valence electrons. The van der Waals surface area contributed by atoms with Gasteiger partial charge in [0.1, 0.15) is 0 Å². The highest BCUT2D eigenvalue weighted by molar-refractivity contribution is 5.68. The van der Waals surface area contributed by atoms with Gasteiger partial charge in [0.2, 0.25) is 0 Å². The molecule has 1 N–H and O–H groups in total. The van der Waals surface area contributed by atoms with Crippen molar-refractivity contribution in [2.24, 2.45) is 0 Å². The molecule has 0 fully saturated rings. The molecule has 2 heteroatoms. The van der Waals surface area contributed by atoms with Crippen LogP contribution in [-0.2, 0) is 0 Å². The first-order valence-electron chi connectivity index (χ1n) is 8.39. The molecule has 0 aliphatic rings. The van der Waals surface area contributed by atoms with Crippen molar-refractivity contribution in [3.8, 4) is 0 Å². The van der Waals surface area contributed by atoms with Crippen LogP contribution in [0.1, 0.15) is 5.56 Å². The fraction of sp³-hybridized carbons (Fsp3) is 0.0435. The van der Waals surface area contributed by atoms with Crippen molar-refractivity contribution in [1.29, 1.82) is 0 Å². The van der Waals surface area contributed by atoms with Gasteiger partial charge in [0.15, 0.2) is 0 Å². The molecule has 0 saturated carbocycles. The van der Waals surface area contributed by atoms with E-state index in [4.69, 9.17) is 0 Å². The second-order valence-corrected chi connectivity index (χ2v) is 5.58. The minimum absolute atomic E-state index is 1.08. The van der Waals surface area contributed by atoms with Crippen LogP contribution in [-0.4, -0.2) is 7.05 Å². The maximum absolute atomic E-state index is 3.26. The average Bonchev–Trinajstić information content (AvgIpc) is 2.70. The second kappa shape index (κ2) is 8.55. The van der Waals surface area contributed by atoms with Crippen LogP contribution in [0.4, 0.5) is 11.4 Å². The van der Waals surface area contributed by atoms with E-state index >= 15 is 0 Å². The lowest BCUT2D eigenvalue weighted by atomic mass is 10.1. The molecule has 3 aromatic carbocycles. The lowest BCUT2D eigenvalue weighted by Crippen LogP contribution is -2.08. The molecule has 0 unspecified atom stereocenters. The van der Waals surface area contributed by atoms with E-state index in [1.54, 1.807) is 0 Å². The number of allylic oxidation sites excluding steroid dienone is 2. The summed E-state index contributed by atoms with van der Waals surface area (Å²) in [4.78, 5) is 2.18. The van der Waals surface area contributed by atoms with Gasteiger partial charge >= 0.3 is 0 Å². The summed E-state index contributed by atoms with van der Waals surface area (Å²) in [5.41, 5.74) is 4.51. The summed E-state index contributed by atoms with van der Waals surface area (Å²) < 4.78 is 0. The highest BCUT2D eigenvalue weighted by Gasteiger charge is 2.04. The van der Waals surface area contributed by atoms with Crippen molar-refractivity contribution in [1.82, 2.24) is 5.32 Å². The summed E-state index contributed by atoms with van der Waals surface area (Å²) in [6.45, 7) is 0. The van der Waals surface area contributed by atoms with Gasteiger partial charge < -0.3 is 10.2 Å². The SMILES string of the molecule is CN/C(=C/C=C/N(c1ccccc1)c1ccccc1)c1ccccc1. The Labute approximate surface area is 149 Å². The number of para-hydroxylation sites is 2. The first-order valence-corrected chi connectivity index (χ1v) is 8.39. The molecule has 0 atom stereocenters. The minimum Gasteiger partial charge on any atom is -0.388 e. The van der Waals surface area contributed by atoms with E-state index in [0.29, 0.717) is 0 Å². The van der Waals surface area contributed by atoms with E-state index in [1.807, 2.05) is 37.4 Å². The predicted octanol–water partition coefficient (Wildman–Crippen LogP) is 5.60. The largest absolute Gasteiger partial charge is 0.388 e. The molecule has 0 saturated heterocycles. The van der Waals surface area contributed by atoms with Crippen molar-refractivity contribution in [2.45, 2.75) is 0 Å². The molecule has 0 aliphatic heterocycles. The Morgan fingerprint density at radius 3 is 1.68 bits per heavy atom. The Bertz CT molecular complexity index is 782.